The molecule has 1 amide bonds. The number of aromatic nitrogens is 6. The fraction of sp³-hybridized carbons (Fsp3) is 0.394. The third-order valence-corrected chi connectivity index (χ3v) is 8.18. The fourth-order valence-corrected chi connectivity index (χ4v) is 5.75. The van der Waals surface area contributed by atoms with Crippen molar-refractivity contribution in [1.82, 2.24) is 39.7 Å². The van der Waals surface area contributed by atoms with Gasteiger partial charge in [-0.25, -0.2) is 14.2 Å². The molecule has 47 heavy (non-hydrogen) atoms. The monoisotopic (exact) mass is 644 g/mol. The molecule has 5 aromatic rings. The van der Waals surface area contributed by atoms with Gasteiger partial charge in [-0.15, -0.1) is 0 Å². The molecule has 0 unspecified atom stereocenters. The Bertz CT molecular complexity index is 1940. The topological polar surface area (TPSA) is 153 Å². The number of nitrogens with zero attached hydrogens (tertiary/aromatic N) is 7. The summed E-state index contributed by atoms with van der Waals surface area (Å²) < 4.78 is 28.2. The van der Waals surface area contributed by atoms with Crippen LogP contribution < -0.4 is 10.9 Å². The average molecular weight is 645 g/mol. The van der Waals surface area contributed by atoms with Gasteiger partial charge in [-0.3, -0.25) is 18.9 Å². The zero-order valence-electron chi connectivity index (χ0n) is 26.7. The lowest BCUT2D eigenvalue weighted by molar-refractivity contribution is -0.0366. The maximum atomic E-state index is 14.8. The number of halogens is 1. The summed E-state index contributed by atoms with van der Waals surface area (Å²) in [7, 11) is 1.75. The Morgan fingerprint density at radius 3 is 2.47 bits per heavy atom. The van der Waals surface area contributed by atoms with Gasteiger partial charge < -0.3 is 19.7 Å². The van der Waals surface area contributed by atoms with Gasteiger partial charge in [0.25, 0.3) is 11.4 Å². The van der Waals surface area contributed by atoms with Crippen LogP contribution in [0.1, 0.15) is 44.7 Å². The highest BCUT2D eigenvalue weighted by atomic mass is 19.1. The van der Waals surface area contributed by atoms with Crippen molar-refractivity contribution in [3.8, 4) is 22.7 Å². The normalized spacial score (nSPS) is 15.2. The molecular formula is C33H37FN8O5. The van der Waals surface area contributed by atoms with Gasteiger partial charge in [0.1, 0.15) is 16.9 Å². The van der Waals surface area contributed by atoms with Crippen LogP contribution in [0.5, 0.6) is 0 Å². The van der Waals surface area contributed by atoms with Gasteiger partial charge in [0.2, 0.25) is 0 Å². The molecule has 0 radical (unpaired) electrons. The third kappa shape index (κ3) is 7.23. The lowest BCUT2D eigenvalue weighted by Gasteiger charge is -2.38. The fourth-order valence-electron chi connectivity index (χ4n) is 5.75. The van der Waals surface area contributed by atoms with E-state index < -0.39 is 17.3 Å². The second kappa shape index (κ2) is 12.7. The van der Waals surface area contributed by atoms with Crippen LogP contribution in [0.4, 0.5) is 9.18 Å². The second-order valence-corrected chi connectivity index (χ2v) is 13.0. The van der Waals surface area contributed by atoms with Crippen molar-refractivity contribution in [1.29, 1.82) is 0 Å². The number of ether oxygens (including phenoxy) is 1. The minimum Gasteiger partial charge on any atom is -0.444 e. The van der Waals surface area contributed by atoms with Crippen molar-refractivity contribution in [2.75, 3.05) is 13.1 Å². The van der Waals surface area contributed by atoms with E-state index in [-0.39, 0.29) is 29.3 Å². The number of benzene rings is 2. The Labute approximate surface area is 270 Å². The van der Waals surface area contributed by atoms with Crippen LogP contribution in [0.2, 0.25) is 0 Å². The van der Waals surface area contributed by atoms with Gasteiger partial charge in [-0.05, 0) is 51.3 Å². The van der Waals surface area contributed by atoms with E-state index in [1.54, 1.807) is 44.6 Å². The molecule has 0 bridgehead atoms. The molecule has 4 heterocycles. The van der Waals surface area contributed by atoms with Crippen LogP contribution in [0.25, 0.3) is 33.7 Å². The van der Waals surface area contributed by atoms with Crippen LogP contribution in [-0.2, 0) is 31.4 Å². The lowest BCUT2D eigenvalue weighted by Crippen LogP contribution is -2.47. The number of carbonyl (C=O) groups excluding carboxylic acids is 1. The zero-order chi connectivity index (χ0) is 33.3. The van der Waals surface area contributed by atoms with E-state index in [1.165, 1.54) is 23.3 Å². The number of alkyl carbamates (subject to hydrolysis) is 1. The lowest BCUT2D eigenvalue weighted by atomic mass is 9.91. The third-order valence-electron chi connectivity index (χ3n) is 8.18. The van der Waals surface area contributed by atoms with E-state index in [9.17, 15) is 19.1 Å². The summed E-state index contributed by atoms with van der Waals surface area (Å²) in [4.78, 5) is 36.1. The summed E-state index contributed by atoms with van der Waals surface area (Å²) in [6, 6.07) is 12.4. The largest absolute Gasteiger partial charge is 0.444 e. The van der Waals surface area contributed by atoms with Crippen molar-refractivity contribution in [3.05, 3.63) is 82.4 Å². The number of fused-ring (bicyclic) bond motifs is 1. The molecule has 1 aliphatic heterocycles. The number of amides is 1. The Morgan fingerprint density at radius 2 is 1.81 bits per heavy atom. The van der Waals surface area contributed by atoms with Crippen LogP contribution in [0.3, 0.4) is 0 Å². The molecule has 14 heteroatoms. The molecule has 0 spiro atoms. The summed E-state index contributed by atoms with van der Waals surface area (Å²) in [5.74, 6) is -0.114. The number of rotatable bonds is 8. The van der Waals surface area contributed by atoms with E-state index in [0.29, 0.717) is 61.4 Å². The van der Waals surface area contributed by atoms with Gasteiger partial charge in [0.15, 0.2) is 11.8 Å². The first-order chi connectivity index (χ1) is 22.4. The smallest absolute Gasteiger partial charge is 0.407 e. The van der Waals surface area contributed by atoms with Gasteiger partial charge in [0.05, 0.1) is 24.2 Å². The van der Waals surface area contributed by atoms with Gasteiger partial charge >= 0.3 is 6.09 Å². The van der Waals surface area contributed by atoms with Gasteiger partial charge in [0, 0.05) is 49.9 Å². The van der Waals surface area contributed by atoms with Gasteiger partial charge in [-0.1, -0.05) is 35.5 Å². The molecule has 2 aromatic carbocycles. The maximum absolute atomic E-state index is 14.8. The second-order valence-electron chi connectivity index (χ2n) is 13.0. The number of nitrogens with one attached hydrogen (secondary N) is 1. The number of hydrogen-bond acceptors (Lipinski definition) is 10. The predicted molar refractivity (Wildman–Crippen MR) is 170 cm³/mol. The molecule has 0 saturated carbocycles. The van der Waals surface area contributed by atoms with E-state index in [0.717, 1.165) is 11.1 Å². The maximum Gasteiger partial charge on any atom is 0.407 e. The number of carbonyl (C=O) groups is 1. The number of likely N-dealkylation sites (tertiary alicyclic amines) is 1. The van der Waals surface area contributed by atoms with E-state index in [1.807, 2.05) is 24.3 Å². The number of piperidine rings is 1. The molecule has 1 aliphatic rings. The van der Waals surface area contributed by atoms with Crippen molar-refractivity contribution in [3.63, 3.8) is 0 Å². The highest BCUT2D eigenvalue weighted by Gasteiger charge is 2.34. The first-order valence-corrected chi connectivity index (χ1v) is 15.4. The first kappa shape index (κ1) is 32.0. The zero-order valence-corrected chi connectivity index (χ0v) is 26.7. The summed E-state index contributed by atoms with van der Waals surface area (Å²) in [5, 5.41) is 22.2. The Kier molecular flexibility index (Phi) is 8.64. The van der Waals surface area contributed by atoms with Crippen molar-refractivity contribution >= 4 is 17.1 Å². The van der Waals surface area contributed by atoms with Crippen LogP contribution >= 0.6 is 0 Å². The molecular weight excluding hydrogens is 607 g/mol. The van der Waals surface area contributed by atoms with Crippen LogP contribution in [-0.4, -0.2) is 69.9 Å². The molecule has 3 aromatic heterocycles. The van der Waals surface area contributed by atoms with Crippen LogP contribution in [0, 0.1) is 5.82 Å². The Hall–Kier alpha value is -4.95. The number of hydrogen-bond donors (Lipinski definition) is 2. The molecule has 246 valence electrons. The average Bonchev–Trinajstić information content (AvgIpc) is 3.68. The molecule has 0 aliphatic carbocycles. The Morgan fingerprint density at radius 1 is 1.09 bits per heavy atom. The minimum atomic E-state index is -1.13. The molecule has 1 fully saturated rings. The highest BCUT2D eigenvalue weighted by Crippen LogP contribution is 2.28. The van der Waals surface area contributed by atoms with Crippen molar-refractivity contribution in [2.24, 2.45) is 7.05 Å². The summed E-state index contributed by atoms with van der Waals surface area (Å²) in [6.45, 7) is 7.24. The van der Waals surface area contributed by atoms with E-state index >= 15 is 0 Å². The van der Waals surface area contributed by atoms with Crippen LogP contribution in [0.15, 0.2) is 64.4 Å². The predicted octanol–water partition coefficient (Wildman–Crippen LogP) is 4.04. The SMILES string of the molecule is Cn1nc2c(=O)n(CC3(O)CCN(Cc4ccc(-c5ncno5)cc4F)CC3)cnc2c1-c1ccc(CNC(=O)OC(C)(C)C)cc1. The first-order valence-electron chi connectivity index (χ1n) is 15.4. The van der Waals surface area contributed by atoms with Crippen molar-refractivity contribution in [2.45, 2.75) is 64.4 Å². The molecule has 6 rings (SSSR count). The van der Waals surface area contributed by atoms with Gasteiger partial charge in [-0.2, -0.15) is 10.1 Å². The minimum absolute atomic E-state index is 0.0705. The Balaban J connectivity index is 1.10. The summed E-state index contributed by atoms with van der Waals surface area (Å²) in [6.07, 6.45) is 3.04. The quantitative estimate of drug-likeness (QED) is 0.253. The molecule has 1 saturated heterocycles. The van der Waals surface area contributed by atoms with E-state index in [2.05, 4.69) is 30.4 Å². The molecule has 2 N–H and O–H groups in total. The molecule has 13 nitrogen and oxygen atoms in total. The summed E-state index contributed by atoms with van der Waals surface area (Å²) >= 11 is 0. The number of aliphatic hydroxyl groups is 1. The molecule has 0 atom stereocenters. The van der Waals surface area contributed by atoms with Crippen molar-refractivity contribution < 1.29 is 23.6 Å². The van der Waals surface area contributed by atoms with E-state index in [4.69, 9.17) is 9.26 Å². The summed E-state index contributed by atoms with van der Waals surface area (Å²) in [5.41, 5.74) is 2.04. The standard InChI is InChI=1S/C33H37FN8O5/c1-32(2,3)46-31(44)35-16-21-5-7-22(8-6-21)28-26-27(39-40(28)4)30(43)42(20-37-26)18-33(45)11-13-41(14-12-33)17-24-10-9-23(15-25(24)34)29-36-19-38-47-29/h5-10,15,19-20,45H,11-14,16-18H2,1-4H3,(H,35,44). The highest BCUT2D eigenvalue weighted by molar-refractivity contribution is 5.89. The number of aryl methyl sites for hydroxylation is 1.